The summed E-state index contributed by atoms with van der Waals surface area (Å²) in [7, 11) is 0. The largest absolute Gasteiger partial charge is 0.461 e. The van der Waals surface area contributed by atoms with Gasteiger partial charge in [0.05, 0.1) is 5.56 Å². The van der Waals surface area contributed by atoms with E-state index in [1.807, 2.05) is 0 Å². The summed E-state index contributed by atoms with van der Waals surface area (Å²) in [4.78, 5) is 16.2. The minimum absolute atomic E-state index is 0.278. The predicted molar refractivity (Wildman–Crippen MR) is 78.9 cm³/mol. The second-order valence-electron chi connectivity index (χ2n) is 4.38. The third kappa shape index (κ3) is 2.85. The predicted octanol–water partition coefficient (Wildman–Crippen LogP) is 4.10. The third-order valence-electron chi connectivity index (χ3n) is 2.94. The van der Waals surface area contributed by atoms with Crippen molar-refractivity contribution >= 4 is 22.4 Å². The molecular formula is C15H11FN2O2S. The molecule has 2 heterocycles. The van der Waals surface area contributed by atoms with E-state index in [1.54, 1.807) is 36.7 Å². The first-order valence-electron chi connectivity index (χ1n) is 6.21. The SMILES string of the molecule is Cc1oc(-c2ccc(F)cc2)cc1C(=O)Nc1nccs1. The van der Waals surface area contributed by atoms with Crippen LogP contribution in [0.3, 0.4) is 0 Å². The van der Waals surface area contributed by atoms with E-state index in [4.69, 9.17) is 4.42 Å². The van der Waals surface area contributed by atoms with Gasteiger partial charge in [-0.15, -0.1) is 11.3 Å². The molecular weight excluding hydrogens is 291 g/mol. The lowest BCUT2D eigenvalue weighted by Crippen LogP contribution is -2.11. The summed E-state index contributed by atoms with van der Waals surface area (Å²) in [5.74, 6) is 0.434. The highest BCUT2D eigenvalue weighted by atomic mass is 32.1. The summed E-state index contributed by atoms with van der Waals surface area (Å²) in [5.41, 5.74) is 1.15. The van der Waals surface area contributed by atoms with Crippen LogP contribution in [0.2, 0.25) is 0 Å². The van der Waals surface area contributed by atoms with Crippen LogP contribution in [0.15, 0.2) is 46.3 Å². The molecule has 2 aromatic heterocycles. The topological polar surface area (TPSA) is 55.1 Å². The molecule has 0 aliphatic carbocycles. The number of carbonyl (C=O) groups is 1. The van der Waals surface area contributed by atoms with Gasteiger partial charge in [0, 0.05) is 17.1 Å². The Bertz CT molecular complexity index is 764. The van der Waals surface area contributed by atoms with Gasteiger partial charge in [-0.05, 0) is 37.3 Å². The van der Waals surface area contributed by atoms with Crippen molar-refractivity contribution in [2.75, 3.05) is 5.32 Å². The van der Waals surface area contributed by atoms with Gasteiger partial charge in [0.2, 0.25) is 0 Å². The maximum Gasteiger partial charge on any atom is 0.261 e. The number of rotatable bonds is 3. The van der Waals surface area contributed by atoms with E-state index >= 15 is 0 Å². The summed E-state index contributed by atoms with van der Waals surface area (Å²) in [6, 6.07) is 7.56. The van der Waals surface area contributed by atoms with Crippen molar-refractivity contribution in [3.8, 4) is 11.3 Å². The molecule has 0 saturated heterocycles. The van der Waals surface area contributed by atoms with Crippen LogP contribution in [-0.4, -0.2) is 10.9 Å². The molecule has 0 atom stereocenters. The average Bonchev–Trinajstić information content (AvgIpc) is 3.09. The van der Waals surface area contributed by atoms with Gasteiger partial charge in [-0.1, -0.05) is 0 Å². The van der Waals surface area contributed by atoms with Crippen LogP contribution in [0.5, 0.6) is 0 Å². The van der Waals surface area contributed by atoms with E-state index in [-0.39, 0.29) is 11.7 Å². The van der Waals surface area contributed by atoms with Crippen LogP contribution >= 0.6 is 11.3 Å². The number of furan rings is 1. The van der Waals surface area contributed by atoms with Crippen molar-refractivity contribution in [1.82, 2.24) is 4.98 Å². The van der Waals surface area contributed by atoms with Gasteiger partial charge >= 0.3 is 0 Å². The van der Waals surface area contributed by atoms with Crippen LogP contribution in [0, 0.1) is 12.7 Å². The molecule has 0 aliphatic heterocycles. The van der Waals surface area contributed by atoms with Crippen LogP contribution in [0.1, 0.15) is 16.1 Å². The number of amides is 1. The molecule has 0 radical (unpaired) electrons. The van der Waals surface area contributed by atoms with Crippen LogP contribution < -0.4 is 5.32 Å². The lowest BCUT2D eigenvalue weighted by molar-refractivity contribution is 0.102. The number of hydrogen-bond acceptors (Lipinski definition) is 4. The van der Waals surface area contributed by atoms with Gasteiger partial charge < -0.3 is 4.42 Å². The number of nitrogens with zero attached hydrogens (tertiary/aromatic N) is 1. The maximum atomic E-state index is 12.9. The van der Waals surface area contributed by atoms with Gasteiger partial charge in [-0.2, -0.15) is 0 Å². The first-order chi connectivity index (χ1) is 10.1. The number of halogens is 1. The lowest BCUT2D eigenvalue weighted by atomic mass is 10.1. The minimum atomic E-state index is -0.316. The Morgan fingerprint density at radius 3 is 2.76 bits per heavy atom. The Labute approximate surface area is 124 Å². The van der Waals surface area contributed by atoms with E-state index in [1.165, 1.54) is 23.5 Å². The van der Waals surface area contributed by atoms with Crippen molar-refractivity contribution in [2.45, 2.75) is 6.92 Å². The highest BCUT2D eigenvalue weighted by molar-refractivity contribution is 7.13. The molecule has 0 bridgehead atoms. The molecule has 4 nitrogen and oxygen atoms in total. The molecule has 6 heteroatoms. The fourth-order valence-electron chi connectivity index (χ4n) is 1.91. The fraction of sp³-hybridized carbons (Fsp3) is 0.0667. The van der Waals surface area contributed by atoms with Gasteiger partial charge in [0.25, 0.3) is 5.91 Å². The Morgan fingerprint density at radius 1 is 1.33 bits per heavy atom. The van der Waals surface area contributed by atoms with Crippen LogP contribution in [-0.2, 0) is 0 Å². The second-order valence-corrected chi connectivity index (χ2v) is 5.27. The van der Waals surface area contributed by atoms with E-state index in [2.05, 4.69) is 10.3 Å². The molecule has 1 N–H and O–H groups in total. The number of aryl methyl sites for hydroxylation is 1. The molecule has 0 spiro atoms. The highest BCUT2D eigenvalue weighted by Crippen LogP contribution is 2.26. The Hall–Kier alpha value is -2.47. The first-order valence-corrected chi connectivity index (χ1v) is 7.08. The molecule has 1 amide bonds. The van der Waals surface area contributed by atoms with Gasteiger partial charge in [0.15, 0.2) is 5.13 Å². The Kier molecular flexibility index (Phi) is 3.53. The minimum Gasteiger partial charge on any atom is -0.461 e. The van der Waals surface area contributed by atoms with Crippen LogP contribution in [0.4, 0.5) is 9.52 Å². The second kappa shape index (κ2) is 5.49. The lowest BCUT2D eigenvalue weighted by Gasteiger charge is -1.98. The van der Waals surface area contributed by atoms with E-state index < -0.39 is 0 Å². The number of anilines is 1. The zero-order chi connectivity index (χ0) is 14.8. The van der Waals surface area contributed by atoms with E-state index in [0.717, 1.165) is 0 Å². The molecule has 3 rings (SSSR count). The van der Waals surface area contributed by atoms with Crippen LogP contribution in [0.25, 0.3) is 11.3 Å². The zero-order valence-electron chi connectivity index (χ0n) is 11.1. The molecule has 21 heavy (non-hydrogen) atoms. The summed E-state index contributed by atoms with van der Waals surface area (Å²) >= 11 is 1.34. The normalized spacial score (nSPS) is 10.6. The number of nitrogens with one attached hydrogen (secondary N) is 1. The quantitative estimate of drug-likeness (QED) is 0.792. The zero-order valence-corrected chi connectivity index (χ0v) is 11.9. The smallest absolute Gasteiger partial charge is 0.261 e. The summed E-state index contributed by atoms with van der Waals surface area (Å²) in [6.07, 6.45) is 1.62. The number of hydrogen-bond donors (Lipinski definition) is 1. The summed E-state index contributed by atoms with van der Waals surface area (Å²) in [6.45, 7) is 1.71. The van der Waals surface area contributed by atoms with E-state index in [9.17, 15) is 9.18 Å². The van der Waals surface area contributed by atoms with Gasteiger partial charge in [-0.25, -0.2) is 9.37 Å². The van der Waals surface area contributed by atoms with Crippen molar-refractivity contribution in [2.24, 2.45) is 0 Å². The van der Waals surface area contributed by atoms with Crippen molar-refractivity contribution in [1.29, 1.82) is 0 Å². The first kappa shape index (κ1) is 13.5. The van der Waals surface area contributed by atoms with Crippen molar-refractivity contribution in [3.05, 3.63) is 59.0 Å². The number of carbonyl (C=O) groups excluding carboxylic acids is 1. The third-order valence-corrected chi connectivity index (χ3v) is 3.63. The molecule has 1 aromatic carbocycles. The molecule has 106 valence electrons. The average molecular weight is 302 g/mol. The molecule has 0 unspecified atom stereocenters. The van der Waals surface area contributed by atoms with Crippen molar-refractivity contribution < 1.29 is 13.6 Å². The molecule has 0 saturated carbocycles. The monoisotopic (exact) mass is 302 g/mol. The summed E-state index contributed by atoms with van der Waals surface area (Å²) < 4.78 is 18.5. The number of benzene rings is 1. The molecule has 0 aliphatic rings. The molecule has 3 aromatic rings. The Morgan fingerprint density at radius 2 is 2.10 bits per heavy atom. The van der Waals surface area contributed by atoms with E-state index in [0.29, 0.717) is 27.8 Å². The highest BCUT2D eigenvalue weighted by Gasteiger charge is 2.16. The fourth-order valence-corrected chi connectivity index (χ4v) is 2.44. The number of aromatic nitrogens is 1. The number of thiazole rings is 1. The van der Waals surface area contributed by atoms with Gasteiger partial charge in [-0.3, -0.25) is 10.1 Å². The van der Waals surface area contributed by atoms with Gasteiger partial charge in [0.1, 0.15) is 17.3 Å². The summed E-state index contributed by atoms with van der Waals surface area (Å²) in [5, 5.41) is 5.01. The standard InChI is InChI=1S/C15H11FN2O2S/c1-9-12(14(19)18-15-17-6-7-21-15)8-13(20-9)10-2-4-11(16)5-3-10/h2-8H,1H3,(H,17,18,19). The maximum absolute atomic E-state index is 12.9. The Balaban J connectivity index is 1.87. The molecule has 0 fully saturated rings. The van der Waals surface area contributed by atoms with Crippen molar-refractivity contribution in [3.63, 3.8) is 0 Å².